The van der Waals surface area contributed by atoms with Crippen molar-refractivity contribution < 1.29 is 23.8 Å². The van der Waals surface area contributed by atoms with Gasteiger partial charge in [-0.25, -0.2) is 9.59 Å². The fraction of sp³-hybridized carbons (Fsp3) is 0.176. The van der Waals surface area contributed by atoms with E-state index in [2.05, 4.69) is 4.74 Å². The molecule has 0 atom stereocenters. The maximum Gasteiger partial charge on any atom is 0.343 e. The van der Waals surface area contributed by atoms with E-state index in [1.165, 1.54) is 25.3 Å². The first-order valence-electron chi connectivity index (χ1n) is 6.88. The van der Waals surface area contributed by atoms with E-state index in [1.54, 1.807) is 24.3 Å². The molecule has 0 heterocycles. The standard InChI is InChI=1S/C17H15ClO5/c1-3-22-13-7-4-11(5-8-13)16(19)23-15-9-6-12(18)10-14(15)17(20)21-2/h4-10H,3H2,1-2H3. The highest BCUT2D eigenvalue weighted by atomic mass is 35.5. The van der Waals surface area contributed by atoms with Crippen LogP contribution >= 0.6 is 11.6 Å². The average molecular weight is 335 g/mol. The Morgan fingerprint density at radius 3 is 2.35 bits per heavy atom. The number of hydrogen-bond donors (Lipinski definition) is 0. The van der Waals surface area contributed by atoms with Crippen molar-refractivity contribution in [1.29, 1.82) is 0 Å². The van der Waals surface area contributed by atoms with Gasteiger partial charge in [-0.2, -0.15) is 0 Å². The van der Waals surface area contributed by atoms with E-state index in [4.69, 9.17) is 21.1 Å². The molecule has 0 unspecified atom stereocenters. The summed E-state index contributed by atoms with van der Waals surface area (Å²) >= 11 is 5.86. The Hall–Kier alpha value is -2.53. The van der Waals surface area contributed by atoms with Gasteiger partial charge in [0.05, 0.1) is 19.3 Å². The molecule has 0 amide bonds. The van der Waals surface area contributed by atoms with Gasteiger partial charge in [0.25, 0.3) is 0 Å². The molecule has 120 valence electrons. The molecule has 0 radical (unpaired) electrons. The summed E-state index contributed by atoms with van der Waals surface area (Å²) in [5.41, 5.74) is 0.415. The number of ether oxygens (including phenoxy) is 3. The molecule has 2 rings (SSSR count). The van der Waals surface area contributed by atoms with Crippen molar-refractivity contribution in [2.24, 2.45) is 0 Å². The highest BCUT2D eigenvalue weighted by Crippen LogP contribution is 2.25. The van der Waals surface area contributed by atoms with Gasteiger partial charge in [-0.1, -0.05) is 11.6 Å². The molecule has 0 saturated heterocycles. The predicted octanol–water partition coefficient (Wildman–Crippen LogP) is 3.74. The molecular weight excluding hydrogens is 320 g/mol. The molecule has 0 saturated carbocycles. The van der Waals surface area contributed by atoms with Crippen LogP contribution in [-0.4, -0.2) is 25.7 Å². The van der Waals surface area contributed by atoms with Crippen LogP contribution < -0.4 is 9.47 Å². The van der Waals surface area contributed by atoms with Crippen LogP contribution in [0.25, 0.3) is 0 Å². The highest BCUT2D eigenvalue weighted by molar-refractivity contribution is 6.31. The fourth-order valence-electron chi connectivity index (χ4n) is 1.87. The zero-order chi connectivity index (χ0) is 16.8. The van der Waals surface area contributed by atoms with Gasteiger partial charge in [0, 0.05) is 5.02 Å². The Labute approximate surface area is 138 Å². The largest absolute Gasteiger partial charge is 0.494 e. The lowest BCUT2D eigenvalue weighted by atomic mass is 10.2. The summed E-state index contributed by atoms with van der Waals surface area (Å²) < 4.78 is 15.2. The molecule has 0 bridgehead atoms. The maximum absolute atomic E-state index is 12.2. The number of esters is 2. The third kappa shape index (κ3) is 4.23. The molecule has 0 spiro atoms. The quantitative estimate of drug-likeness (QED) is 0.615. The zero-order valence-electron chi connectivity index (χ0n) is 12.7. The molecule has 0 N–H and O–H groups in total. The van der Waals surface area contributed by atoms with Crippen molar-refractivity contribution >= 4 is 23.5 Å². The van der Waals surface area contributed by atoms with Crippen molar-refractivity contribution in [1.82, 2.24) is 0 Å². The van der Waals surface area contributed by atoms with Gasteiger partial charge in [-0.3, -0.25) is 0 Å². The SMILES string of the molecule is CCOc1ccc(C(=O)Oc2ccc(Cl)cc2C(=O)OC)cc1. The lowest BCUT2D eigenvalue weighted by Crippen LogP contribution is -2.12. The Balaban J connectivity index is 2.21. The number of rotatable bonds is 5. The van der Waals surface area contributed by atoms with Gasteiger partial charge in [0.2, 0.25) is 0 Å². The zero-order valence-corrected chi connectivity index (χ0v) is 13.4. The van der Waals surface area contributed by atoms with Crippen molar-refractivity contribution in [3.8, 4) is 11.5 Å². The minimum absolute atomic E-state index is 0.0827. The third-order valence-electron chi connectivity index (χ3n) is 2.95. The summed E-state index contributed by atoms with van der Waals surface area (Å²) in [5.74, 6) is -0.492. The fourth-order valence-corrected chi connectivity index (χ4v) is 2.05. The number of benzene rings is 2. The first-order chi connectivity index (χ1) is 11.0. The maximum atomic E-state index is 12.2. The Kier molecular flexibility index (Phi) is 5.60. The number of methoxy groups -OCH3 is 1. The molecular formula is C17H15ClO5. The van der Waals surface area contributed by atoms with E-state index < -0.39 is 11.9 Å². The molecule has 23 heavy (non-hydrogen) atoms. The normalized spacial score (nSPS) is 10.0. The molecule has 0 aliphatic rings. The number of carbonyl (C=O) groups excluding carboxylic acids is 2. The Morgan fingerprint density at radius 1 is 1.04 bits per heavy atom. The topological polar surface area (TPSA) is 61.8 Å². The number of hydrogen-bond acceptors (Lipinski definition) is 5. The summed E-state index contributed by atoms with van der Waals surface area (Å²) in [5, 5.41) is 0.339. The summed E-state index contributed by atoms with van der Waals surface area (Å²) in [4.78, 5) is 23.9. The summed E-state index contributed by atoms with van der Waals surface area (Å²) in [6.07, 6.45) is 0. The van der Waals surface area contributed by atoms with Gasteiger partial charge in [0.1, 0.15) is 17.1 Å². The van der Waals surface area contributed by atoms with Crippen molar-refractivity contribution in [3.05, 3.63) is 58.6 Å². The van der Waals surface area contributed by atoms with Gasteiger partial charge < -0.3 is 14.2 Å². The lowest BCUT2D eigenvalue weighted by molar-refractivity contribution is 0.0593. The molecule has 0 aromatic heterocycles. The molecule has 5 nitrogen and oxygen atoms in total. The lowest BCUT2D eigenvalue weighted by Gasteiger charge is -2.09. The molecule has 0 aliphatic heterocycles. The average Bonchev–Trinajstić information content (AvgIpc) is 2.56. The third-order valence-corrected chi connectivity index (χ3v) is 3.19. The Bertz CT molecular complexity index is 709. The molecule has 6 heteroatoms. The van der Waals surface area contributed by atoms with Crippen molar-refractivity contribution in [2.75, 3.05) is 13.7 Å². The van der Waals surface area contributed by atoms with E-state index in [0.29, 0.717) is 22.9 Å². The van der Waals surface area contributed by atoms with Crippen LogP contribution in [0, 0.1) is 0 Å². The second kappa shape index (κ2) is 7.65. The molecule has 2 aromatic carbocycles. The van der Waals surface area contributed by atoms with Crippen molar-refractivity contribution in [3.63, 3.8) is 0 Å². The second-order valence-corrected chi connectivity index (χ2v) is 4.92. The van der Waals surface area contributed by atoms with Crippen molar-refractivity contribution in [2.45, 2.75) is 6.92 Å². The van der Waals surface area contributed by atoms with E-state index >= 15 is 0 Å². The minimum Gasteiger partial charge on any atom is -0.494 e. The first-order valence-corrected chi connectivity index (χ1v) is 7.26. The van der Waals surface area contributed by atoms with Gasteiger partial charge in [0.15, 0.2) is 0 Å². The van der Waals surface area contributed by atoms with E-state index in [-0.39, 0.29) is 11.3 Å². The number of halogens is 1. The van der Waals surface area contributed by atoms with Crippen LogP contribution in [0.4, 0.5) is 0 Å². The minimum atomic E-state index is -0.637. The van der Waals surface area contributed by atoms with Gasteiger partial charge >= 0.3 is 11.9 Å². The van der Waals surface area contributed by atoms with Crippen LogP contribution in [0.3, 0.4) is 0 Å². The monoisotopic (exact) mass is 334 g/mol. The summed E-state index contributed by atoms with van der Waals surface area (Å²) in [6, 6.07) is 10.9. The number of carbonyl (C=O) groups is 2. The van der Waals surface area contributed by atoms with Crippen LogP contribution in [0.15, 0.2) is 42.5 Å². The molecule has 2 aromatic rings. The predicted molar refractivity (Wildman–Crippen MR) is 85.4 cm³/mol. The van der Waals surface area contributed by atoms with Crippen LogP contribution in [0.1, 0.15) is 27.6 Å². The van der Waals surface area contributed by atoms with Crippen LogP contribution in [-0.2, 0) is 4.74 Å². The van der Waals surface area contributed by atoms with Crippen LogP contribution in [0.2, 0.25) is 5.02 Å². The summed E-state index contributed by atoms with van der Waals surface area (Å²) in [7, 11) is 1.24. The van der Waals surface area contributed by atoms with Gasteiger partial charge in [-0.15, -0.1) is 0 Å². The highest BCUT2D eigenvalue weighted by Gasteiger charge is 2.17. The smallest absolute Gasteiger partial charge is 0.343 e. The van der Waals surface area contributed by atoms with E-state index in [0.717, 1.165) is 0 Å². The van der Waals surface area contributed by atoms with Crippen LogP contribution in [0.5, 0.6) is 11.5 Å². The Morgan fingerprint density at radius 2 is 1.74 bits per heavy atom. The first kappa shape index (κ1) is 16.8. The second-order valence-electron chi connectivity index (χ2n) is 4.48. The van der Waals surface area contributed by atoms with E-state index in [9.17, 15) is 9.59 Å². The summed E-state index contributed by atoms with van der Waals surface area (Å²) in [6.45, 7) is 2.41. The molecule has 0 aliphatic carbocycles. The van der Waals surface area contributed by atoms with Gasteiger partial charge in [-0.05, 0) is 49.4 Å². The van der Waals surface area contributed by atoms with E-state index in [1.807, 2.05) is 6.92 Å². The molecule has 0 fully saturated rings.